The predicted molar refractivity (Wildman–Crippen MR) is 53.3 cm³/mol. The number of aromatic nitrogens is 4. The highest BCUT2D eigenvalue weighted by Crippen LogP contribution is 2.08. The maximum atomic E-state index is 5.68. The number of H-pyrrole nitrogens is 1. The molecule has 0 aliphatic heterocycles. The van der Waals surface area contributed by atoms with Crippen LogP contribution in [0.25, 0.3) is 11.2 Å². The fourth-order valence-electron chi connectivity index (χ4n) is 1.34. The number of nitrogens with two attached hydrogens (primary N) is 1. The van der Waals surface area contributed by atoms with Gasteiger partial charge in [0, 0.05) is 0 Å². The van der Waals surface area contributed by atoms with Crippen molar-refractivity contribution in [2.24, 2.45) is 0 Å². The van der Waals surface area contributed by atoms with Crippen LogP contribution in [0.3, 0.4) is 0 Å². The number of halogens is 1. The molecule has 6 heteroatoms. The van der Waals surface area contributed by atoms with Gasteiger partial charge in [-0.05, 0) is 6.42 Å². The first-order valence-electron chi connectivity index (χ1n) is 4.41. The molecule has 3 N–H and O–H groups in total. The van der Waals surface area contributed by atoms with Crippen molar-refractivity contribution in [2.75, 3.05) is 5.73 Å². The maximum Gasteiger partial charge on any atom is 0.293 e. The van der Waals surface area contributed by atoms with Gasteiger partial charge >= 0.3 is 0 Å². The van der Waals surface area contributed by atoms with E-state index in [1.807, 2.05) is 10.6 Å². The van der Waals surface area contributed by atoms with E-state index in [4.69, 9.17) is 5.73 Å². The molecule has 0 saturated carbocycles. The van der Waals surface area contributed by atoms with Crippen LogP contribution in [0.1, 0.15) is 6.42 Å². The minimum atomic E-state index is 0. The number of anilines is 1. The van der Waals surface area contributed by atoms with E-state index in [0.29, 0.717) is 5.82 Å². The summed E-state index contributed by atoms with van der Waals surface area (Å²) in [6, 6.07) is 0. The molecule has 5 nitrogen and oxygen atoms in total. The molecule has 2 heterocycles. The lowest BCUT2D eigenvalue weighted by Gasteiger charge is -1.97. The lowest BCUT2D eigenvalue weighted by Crippen LogP contribution is -3.00. The molecular weight excluding hydrogens is 258 g/mol. The van der Waals surface area contributed by atoms with Crippen molar-refractivity contribution in [1.82, 2.24) is 15.0 Å². The molecule has 0 radical (unpaired) electrons. The van der Waals surface area contributed by atoms with Crippen LogP contribution in [0.15, 0.2) is 25.3 Å². The Balaban J connectivity index is 0.00000112. The number of allylic oxidation sites excluding steroid dienone is 1. The van der Waals surface area contributed by atoms with Crippen LogP contribution in [0.4, 0.5) is 5.82 Å². The summed E-state index contributed by atoms with van der Waals surface area (Å²) in [6.07, 6.45) is 6.06. The average molecular weight is 270 g/mol. The summed E-state index contributed by atoms with van der Waals surface area (Å²) in [7, 11) is 0. The zero-order valence-corrected chi connectivity index (χ0v) is 9.74. The third kappa shape index (κ3) is 2.15. The van der Waals surface area contributed by atoms with Gasteiger partial charge < -0.3 is 27.7 Å². The van der Waals surface area contributed by atoms with E-state index in [-0.39, 0.29) is 17.0 Å². The summed E-state index contributed by atoms with van der Waals surface area (Å²) in [5.41, 5.74) is 7.30. The smallest absolute Gasteiger partial charge is 0.293 e. The molecule has 0 atom stereocenters. The molecule has 0 amide bonds. The van der Waals surface area contributed by atoms with Crippen LogP contribution in [-0.2, 0) is 6.54 Å². The van der Waals surface area contributed by atoms with Crippen molar-refractivity contribution in [2.45, 2.75) is 13.0 Å². The molecule has 0 bridgehead atoms. The Morgan fingerprint density at radius 1 is 1.53 bits per heavy atom. The zero-order chi connectivity index (χ0) is 9.97. The summed E-state index contributed by atoms with van der Waals surface area (Å²) < 4.78 is 1.95. The largest absolute Gasteiger partial charge is 1.00 e. The molecular formula is C9H12BrN5. The van der Waals surface area contributed by atoms with Crippen LogP contribution in [0, 0.1) is 0 Å². The van der Waals surface area contributed by atoms with E-state index in [0.717, 1.165) is 24.1 Å². The van der Waals surface area contributed by atoms with Gasteiger partial charge in [-0.3, -0.25) is 0 Å². The highest BCUT2D eigenvalue weighted by atomic mass is 79.9. The Kier molecular flexibility index (Phi) is 3.79. The normalized spacial score (nSPS) is 9.87. The highest BCUT2D eigenvalue weighted by Gasteiger charge is 2.12. The second-order valence-corrected chi connectivity index (χ2v) is 3.00. The van der Waals surface area contributed by atoms with Gasteiger partial charge in [0.05, 0.1) is 6.54 Å². The fourth-order valence-corrected chi connectivity index (χ4v) is 1.34. The first kappa shape index (κ1) is 11.6. The number of hydrogen-bond acceptors (Lipinski definition) is 3. The number of aryl methyl sites for hydroxylation is 1. The van der Waals surface area contributed by atoms with Crippen LogP contribution in [0.5, 0.6) is 0 Å². The SMILES string of the molecule is C=CCC[n+]1cnc(N)c2[nH]cnc21.[Br-]. The summed E-state index contributed by atoms with van der Waals surface area (Å²) in [4.78, 5) is 11.2. The van der Waals surface area contributed by atoms with Gasteiger partial charge in [-0.15, -0.1) is 6.58 Å². The van der Waals surface area contributed by atoms with Crippen LogP contribution < -0.4 is 27.3 Å². The summed E-state index contributed by atoms with van der Waals surface area (Å²) in [5.74, 6) is 0.479. The summed E-state index contributed by atoms with van der Waals surface area (Å²) >= 11 is 0. The second kappa shape index (κ2) is 4.88. The number of rotatable bonds is 3. The van der Waals surface area contributed by atoms with Gasteiger partial charge in [-0.2, -0.15) is 0 Å². The highest BCUT2D eigenvalue weighted by molar-refractivity contribution is 5.77. The van der Waals surface area contributed by atoms with Gasteiger partial charge in [0.1, 0.15) is 0 Å². The standard InChI is InChI=1S/C9H11N5.BrH/c1-2-3-4-14-6-13-8(10)7-9(14)12-5-11-7;/h2,5-6H,1,3-4H2,(H2,10,11,12);1H. The third-order valence-corrected chi connectivity index (χ3v) is 2.06. The van der Waals surface area contributed by atoms with Gasteiger partial charge in [0.15, 0.2) is 11.8 Å². The molecule has 0 spiro atoms. The average Bonchev–Trinajstić information content (AvgIpc) is 2.66. The van der Waals surface area contributed by atoms with E-state index >= 15 is 0 Å². The topological polar surface area (TPSA) is 71.5 Å². The van der Waals surface area contributed by atoms with Crippen LogP contribution in [0.2, 0.25) is 0 Å². The van der Waals surface area contributed by atoms with Crippen LogP contribution in [-0.4, -0.2) is 15.0 Å². The fraction of sp³-hybridized carbons (Fsp3) is 0.222. The van der Waals surface area contributed by atoms with E-state index in [1.165, 1.54) is 0 Å². The van der Waals surface area contributed by atoms with Crippen molar-refractivity contribution in [3.63, 3.8) is 0 Å². The van der Waals surface area contributed by atoms with E-state index in [9.17, 15) is 0 Å². The molecule has 2 rings (SSSR count). The monoisotopic (exact) mass is 269 g/mol. The van der Waals surface area contributed by atoms with Crippen LogP contribution >= 0.6 is 0 Å². The lowest BCUT2D eigenvalue weighted by molar-refractivity contribution is -0.675. The molecule has 0 aliphatic carbocycles. The number of nitrogens with zero attached hydrogens (tertiary/aromatic N) is 3. The second-order valence-electron chi connectivity index (χ2n) is 3.00. The number of nitrogen functional groups attached to an aromatic ring is 1. The quantitative estimate of drug-likeness (QED) is 0.475. The molecule has 2 aromatic heterocycles. The van der Waals surface area contributed by atoms with Gasteiger partial charge in [0.2, 0.25) is 12.1 Å². The Labute approximate surface area is 97.8 Å². The van der Waals surface area contributed by atoms with Crippen molar-refractivity contribution in [3.05, 3.63) is 25.3 Å². The number of aromatic amines is 1. The summed E-state index contributed by atoms with van der Waals surface area (Å²) in [5, 5.41) is 0. The van der Waals surface area contributed by atoms with E-state index in [1.54, 1.807) is 12.7 Å². The predicted octanol–water partition coefficient (Wildman–Crippen LogP) is -2.59. The number of fused-ring (bicyclic) bond motifs is 1. The minimum Gasteiger partial charge on any atom is -1.00 e. The molecule has 80 valence electrons. The molecule has 0 fully saturated rings. The summed E-state index contributed by atoms with van der Waals surface area (Å²) in [6.45, 7) is 4.49. The Hall–Kier alpha value is -1.43. The molecule has 0 aromatic carbocycles. The van der Waals surface area contributed by atoms with E-state index < -0.39 is 0 Å². The molecule has 0 aliphatic rings. The van der Waals surface area contributed by atoms with Gasteiger partial charge in [0.25, 0.3) is 5.65 Å². The first-order chi connectivity index (χ1) is 6.83. The maximum absolute atomic E-state index is 5.68. The number of imidazole rings is 1. The molecule has 0 saturated heterocycles. The van der Waals surface area contributed by atoms with Crippen molar-refractivity contribution in [3.8, 4) is 0 Å². The first-order valence-corrected chi connectivity index (χ1v) is 4.41. The van der Waals surface area contributed by atoms with E-state index in [2.05, 4.69) is 21.5 Å². The lowest BCUT2D eigenvalue weighted by atomic mass is 10.4. The van der Waals surface area contributed by atoms with Gasteiger partial charge in [-0.1, -0.05) is 16.0 Å². The Morgan fingerprint density at radius 2 is 2.33 bits per heavy atom. The third-order valence-electron chi connectivity index (χ3n) is 2.06. The van der Waals surface area contributed by atoms with Crippen molar-refractivity contribution < 1.29 is 21.5 Å². The van der Waals surface area contributed by atoms with Crippen molar-refractivity contribution in [1.29, 1.82) is 0 Å². The number of hydrogen-bond donors (Lipinski definition) is 2. The molecule has 15 heavy (non-hydrogen) atoms. The molecule has 2 aromatic rings. The Morgan fingerprint density at radius 3 is 3.07 bits per heavy atom. The molecule has 0 unspecified atom stereocenters. The zero-order valence-electron chi connectivity index (χ0n) is 8.15. The minimum absolute atomic E-state index is 0. The number of nitrogens with one attached hydrogen (secondary N) is 1. The van der Waals surface area contributed by atoms with Crippen molar-refractivity contribution >= 4 is 17.0 Å². The Bertz CT molecular complexity index is 464. The van der Waals surface area contributed by atoms with Gasteiger partial charge in [-0.25, -0.2) is 4.57 Å².